The van der Waals surface area contributed by atoms with Crippen LogP contribution in [0.2, 0.25) is 0 Å². The van der Waals surface area contributed by atoms with Crippen molar-refractivity contribution in [2.45, 2.75) is 25.7 Å². The molecule has 0 fully saturated rings. The summed E-state index contributed by atoms with van der Waals surface area (Å²) < 4.78 is 0.963. The van der Waals surface area contributed by atoms with Gasteiger partial charge in [-0.25, -0.2) is 0 Å². The number of rotatable bonds is 5. The highest BCUT2D eigenvalue weighted by molar-refractivity contribution is 9.10. The predicted octanol–water partition coefficient (Wildman–Crippen LogP) is 4.48. The second kappa shape index (κ2) is 6.35. The molecule has 0 amide bonds. The molecule has 1 aromatic heterocycles. The third kappa shape index (κ3) is 3.67. The van der Waals surface area contributed by atoms with Crippen LogP contribution in [0.5, 0.6) is 0 Å². The summed E-state index contributed by atoms with van der Waals surface area (Å²) in [6, 6.07) is 11.6. The van der Waals surface area contributed by atoms with Crippen LogP contribution in [0.3, 0.4) is 0 Å². The number of aliphatic carboxylic acids is 1. The number of hydrogen-bond donors (Lipinski definition) is 1. The lowest BCUT2D eigenvalue weighted by Crippen LogP contribution is -2.13. The van der Waals surface area contributed by atoms with Crippen molar-refractivity contribution in [2.75, 3.05) is 0 Å². The van der Waals surface area contributed by atoms with Crippen LogP contribution in [0.25, 0.3) is 0 Å². The minimum atomic E-state index is -0.770. The van der Waals surface area contributed by atoms with E-state index in [-0.39, 0.29) is 0 Å². The van der Waals surface area contributed by atoms with Gasteiger partial charge in [-0.1, -0.05) is 35.0 Å². The van der Waals surface area contributed by atoms with E-state index in [1.807, 2.05) is 30.3 Å². The fraction of sp³-hybridized carbons (Fsp3) is 0.267. The van der Waals surface area contributed by atoms with Crippen molar-refractivity contribution in [1.82, 2.24) is 0 Å². The minimum absolute atomic E-state index is 0.476. The molecule has 1 atom stereocenters. The van der Waals surface area contributed by atoms with Crippen LogP contribution in [0.4, 0.5) is 0 Å². The zero-order valence-corrected chi connectivity index (χ0v) is 13.0. The number of aryl methyl sites for hydroxylation is 1. The molecule has 0 radical (unpaired) electrons. The highest BCUT2D eigenvalue weighted by Gasteiger charge is 2.21. The molecule has 0 bridgehead atoms. The van der Waals surface area contributed by atoms with Crippen LogP contribution in [-0.4, -0.2) is 11.1 Å². The number of halogens is 1. The number of carbonyl (C=O) groups is 1. The largest absolute Gasteiger partial charge is 0.481 e. The lowest BCUT2D eigenvalue weighted by molar-refractivity contribution is -0.138. The van der Waals surface area contributed by atoms with E-state index in [0.717, 1.165) is 21.3 Å². The lowest BCUT2D eigenvalue weighted by atomic mass is 9.95. The summed E-state index contributed by atoms with van der Waals surface area (Å²) in [5.41, 5.74) is 0.849. The van der Waals surface area contributed by atoms with Gasteiger partial charge in [0.25, 0.3) is 0 Å². The Balaban J connectivity index is 2.21. The van der Waals surface area contributed by atoms with Crippen LogP contribution >= 0.6 is 27.3 Å². The lowest BCUT2D eigenvalue weighted by Gasteiger charge is -2.11. The first-order chi connectivity index (χ1) is 9.10. The van der Waals surface area contributed by atoms with E-state index >= 15 is 0 Å². The summed E-state index contributed by atoms with van der Waals surface area (Å²) in [6.45, 7) is 2.11. The highest BCUT2D eigenvalue weighted by Crippen LogP contribution is 2.27. The van der Waals surface area contributed by atoms with E-state index in [0.29, 0.717) is 6.42 Å². The van der Waals surface area contributed by atoms with Crippen molar-refractivity contribution in [2.24, 2.45) is 0 Å². The number of carboxylic acid groups (broad SMARTS) is 1. The maximum absolute atomic E-state index is 11.5. The monoisotopic (exact) mass is 338 g/mol. The Morgan fingerprint density at radius 3 is 2.37 bits per heavy atom. The Hall–Kier alpha value is -1.13. The van der Waals surface area contributed by atoms with E-state index in [1.165, 1.54) is 4.88 Å². The fourth-order valence-corrected chi connectivity index (χ4v) is 3.23. The molecule has 1 unspecified atom stereocenters. The molecule has 0 saturated heterocycles. The van der Waals surface area contributed by atoms with Crippen molar-refractivity contribution in [3.05, 3.63) is 56.2 Å². The quantitative estimate of drug-likeness (QED) is 0.872. The molecule has 2 aromatic rings. The van der Waals surface area contributed by atoms with E-state index in [4.69, 9.17) is 0 Å². The molecule has 1 N–H and O–H groups in total. The number of benzene rings is 1. The number of thiophene rings is 1. The number of carboxylic acids is 1. The second-order valence-electron chi connectivity index (χ2n) is 4.37. The van der Waals surface area contributed by atoms with E-state index < -0.39 is 11.9 Å². The Morgan fingerprint density at radius 1 is 1.21 bits per heavy atom. The van der Waals surface area contributed by atoms with Gasteiger partial charge in [-0.3, -0.25) is 4.79 Å². The summed E-state index contributed by atoms with van der Waals surface area (Å²) in [6.07, 6.45) is 1.56. The average molecular weight is 339 g/mol. The smallest absolute Gasteiger partial charge is 0.311 e. The maximum atomic E-state index is 11.5. The molecular formula is C15H15BrO2S. The van der Waals surface area contributed by atoms with Gasteiger partial charge in [0.15, 0.2) is 0 Å². The van der Waals surface area contributed by atoms with Gasteiger partial charge in [0.2, 0.25) is 0 Å². The fourth-order valence-electron chi connectivity index (χ4n) is 1.97. The van der Waals surface area contributed by atoms with Crippen LogP contribution in [0.15, 0.2) is 40.9 Å². The summed E-state index contributed by atoms with van der Waals surface area (Å²) in [7, 11) is 0. The molecule has 0 aliphatic carbocycles. The van der Waals surface area contributed by atoms with Gasteiger partial charge in [-0.2, -0.15) is 0 Å². The van der Waals surface area contributed by atoms with Gasteiger partial charge >= 0.3 is 5.97 Å². The van der Waals surface area contributed by atoms with Crippen LogP contribution in [0, 0.1) is 0 Å². The molecule has 4 heteroatoms. The maximum Gasteiger partial charge on any atom is 0.311 e. The van der Waals surface area contributed by atoms with Gasteiger partial charge in [0, 0.05) is 14.2 Å². The molecule has 19 heavy (non-hydrogen) atoms. The molecule has 2 rings (SSSR count). The van der Waals surface area contributed by atoms with E-state index in [2.05, 4.69) is 28.9 Å². The predicted molar refractivity (Wildman–Crippen MR) is 81.9 cm³/mol. The molecule has 0 saturated carbocycles. The third-order valence-electron chi connectivity index (χ3n) is 3.04. The first-order valence-electron chi connectivity index (χ1n) is 6.16. The molecule has 0 spiro atoms. The van der Waals surface area contributed by atoms with Gasteiger partial charge in [-0.05, 0) is 42.7 Å². The van der Waals surface area contributed by atoms with Crippen LogP contribution in [0.1, 0.15) is 28.2 Å². The molecule has 1 aromatic carbocycles. The Morgan fingerprint density at radius 2 is 1.84 bits per heavy atom. The van der Waals surface area contributed by atoms with E-state index in [9.17, 15) is 9.90 Å². The SMILES string of the molecule is CCc1ccc(CC(C(=O)O)c2ccc(Br)cc2)s1. The number of hydrogen-bond acceptors (Lipinski definition) is 2. The van der Waals surface area contributed by atoms with Crippen molar-refractivity contribution < 1.29 is 9.90 Å². The third-order valence-corrected chi connectivity index (χ3v) is 4.82. The van der Waals surface area contributed by atoms with Crippen molar-refractivity contribution >= 4 is 33.2 Å². The van der Waals surface area contributed by atoms with Crippen molar-refractivity contribution in [3.8, 4) is 0 Å². The van der Waals surface area contributed by atoms with Crippen molar-refractivity contribution in [1.29, 1.82) is 0 Å². The summed E-state index contributed by atoms with van der Waals surface area (Å²) >= 11 is 5.07. The summed E-state index contributed by atoms with van der Waals surface area (Å²) in [5, 5.41) is 9.41. The Kier molecular flexibility index (Phi) is 4.77. The standard InChI is InChI=1S/C15H15BrO2S/c1-2-12-7-8-13(19-12)9-14(15(17)18)10-3-5-11(16)6-4-10/h3-8,14H,2,9H2,1H3,(H,17,18). The Bertz CT molecular complexity index is 560. The van der Waals surface area contributed by atoms with Crippen LogP contribution in [-0.2, 0) is 17.6 Å². The van der Waals surface area contributed by atoms with Crippen LogP contribution < -0.4 is 0 Å². The summed E-state index contributed by atoms with van der Waals surface area (Å²) in [5.74, 6) is -1.25. The second-order valence-corrected chi connectivity index (χ2v) is 6.54. The average Bonchev–Trinajstić information content (AvgIpc) is 2.85. The highest BCUT2D eigenvalue weighted by atomic mass is 79.9. The zero-order valence-electron chi connectivity index (χ0n) is 10.6. The van der Waals surface area contributed by atoms with Gasteiger partial charge in [0.1, 0.15) is 0 Å². The van der Waals surface area contributed by atoms with Gasteiger partial charge in [-0.15, -0.1) is 11.3 Å². The summed E-state index contributed by atoms with van der Waals surface area (Å²) in [4.78, 5) is 13.9. The molecule has 0 aliphatic rings. The molecule has 100 valence electrons. The molecule has 0 aliphatic heterocycles. The zero-order chi connectivity index (χ0) is 13.8. The first kappa shape index (κ1) is 14.3. The molecule has 1 heterocycles. The van der Waals surface area contributed by atoms with Gasteiger partial charge < -0.3 is 5.11 Å². The van der Waals surface area contributed by atoms with Gasteiger partial charge in [0.05, 0.1) is 5.92 Å². The Labute approximate surface area is 125 Å². The molecular weight excluding hydrogens is 324 g/mol. The topological polar surface area (TPSA) is 37.3 Å². The normalized spacial score (nSPS) is 12.3. The van der Waals surface area contributed by atoms with Crippen molar-refractivity contribution in [3.63, 3.8) is 0 Å². The first-order valence-corrected chi connectivity index (χ1v) is 7.77. The molecule has 2 nitrogen and oxygen atoms in total. The van der Waals surface area contributed by atoms with E-state index in [1.54, 1.807) is 11.3 Å². The minimum Gasteiger partial charge on any atom is -0.481 e.